The van der Waals surface area contributed by atoms with Crippen LogP contribution in [0.2, 0.25) is 0 Å². The van der Waals surface area contributed by atoms with Crippen molar-refractivity contribution in [1.29, 1.82) is 0 Å². The first-order chi connectivity index (χ1) is 6.90. The molecule has 0 nitrogen and oxygen atoms in total. The standard InChI is InChI=1S/C13H13S/c1-2-9-6-7-12-13-10(8-14-12)4-3-5-11(9)13/h4,6-8H,2-3,5H2,1H3. The second-order valence-corrected chi connectivity index (χ2v) is 4.78. The van der Waals surface area contributed by atoms with Gasteiger partial charge in [0.25, 0.3) is 0 Å². The first kappa shape index (κ1) is 8.49. The van der Waals surface area contributed by atoms with Gasteiger partial charge in [-0.05, 0) is 59.2 Å². The highest BCUT2D eigenvalue weighted by atomic mass is 32.1. The largest absolute Gasteiger partial charge is 0.144 e. The van der Waals surface area contributed by atoms with Crippen molar-refractivity contribution in [3.63, 3.8) is 0 Å². The maximum atomic E-state index is 2.38. The van der Waals surface area contributed by atoms with Crippen LogP contribution in [0, 0.1) is 6.42 Å². The van der Waals surface area contributed by atoms with E-state index in [1.54, 1.807) is 16.5 Å². The molecule has 1 aromatic heterocycles. The molecule has 1 radical (unpaired) electrons. The molecule has 1 heterocycles. The van der Waals surface area contributed by atoms with E-state index < -0.39 is 0 Å². The van der Waals surface area contributed by atoms with Gasteiger partial charge in [0.2, 0.25) is 0 Å². The van der Waals surface area contributed by atoms with Crippen molar-refractivity contribution in [2.45, 2.75) is 26.2 Å². The summed E-state index contributed by atoms with van der Waals surface area (Å²) in [6.07, 6.45) is 6.01. The first-order valence-corrected chi connectivity index (χ1v) is 6.13. The third-order valence-electron chi connectivity index (χ3n) is 3.11. The van der Waals surface area contributed by atoms with E-state index in [0.29, 0.717) is 0 Å². The molecule has 0 unspecified atom stereocenters. The number of hydrogen-bond acceptors (Lipinski definition) is 1. The van der Waals surface area contributed by atoms with E-state index in [4.69, 9.17) is 0 Å². The number of benzene rings is 1. The van der Waals surface area contributed by atoms with Crippen LogP contribution in [-0.2, 0) is 12.8 Å². The van der Waals surface area contributed by atoms with Crippen molar-refractivity contribution in [3.05, 3.63) is 40.6 Å². The molecule has 0 fully saturated rings. The lowest BCUT2D eigenvalue weighted by molar-refractivity contribution is 0.918. The summed E-state index contributed by atoms with van der Waals surface area (Å²) in [6.45, 7) is 2.25. The molecule has 0 bridgehead atoms. The van der Waals surface area contributed by atoms with Gasteiger partial charge in [0.15, 0.2) is 0 Å². The minimum atomic E-state index is 1.17. The lowest BCUT2D eigenvalue weighted by Gasteiger charge is -2.15. The van der Waals surface area contributed by atoms with E-state index in [-0.39, 0.29) is 0 Å². The molecule has 0 amide bonds. The van der Waals surface area contributed by atoms with Crippen LogP contribution in [0.1, 0.15) is 30.0 Å². The molecule has 0 N–H and O–H groups in total. The fourth-order valence-electron chi connectivity index (χ4n) is 2.41. The first-order valence-electron chi connectivity index (χ1n) is 5.25. The summed E-state index contributed by atoms with van der Waals surface area (Å²) in [7, 11) is 0. The molecule has 14 heavy (non-hydrogen) atoms. The Hall–Kier alpha value is -0.820. The molecule has 71 valence electrons. The van der Waals surface area contributed by atoms with Gasteiger partial charge < -0.3 is 0 Å². The van der Waals surface area contributed by atoms with Gasteiger partial charge >= 0.3 is 0 Å². The van der Waals surface area contributed by atoms with Gasteiger partial charge in [0, 0.05) is 4.70 Å². The van der Waals surface area contributed by atoms with Crippen molar-refractivity contribution < 1.29 is 0 Å². The summed E-state index contributed by atoms with van der Waals surface area (Å²) in [5, 5.41) is 3.84. The number of hydrogen-bond donors (Lipinski definition) is 0. The van der Waals surface area contributed by atoms with E-state index in [1.165, 1.54) is 29.5 Å². The van der Waals surface area contributed by atoms with E-state index in [1.807, 2.05) is 11.3 Å². The summed E-state index contributed by atoms with van der Waals surface area (Å²) in [5.41, 5.74) is 4.63. The van der Waals surface area contributed by atoms with Crippen LogP contribution in [0.3, 0.4) is 0 Å². The second-order valence-electron chi connectivity index (χ2n) is 3.86. The predicted molar refractivity (Wildman–Crippen MR) is 62.9 cm³/mol. The highest BCUT2D eigenvalue weighted by Crippen LogP contribution is 2.36. The Bertz CT molecular complexity index is 479. The number of aryl methyl sites for hydroxylation is 2. The highest BCUT2D eigenvalue weighted by molar-refractivity contribution is 7.17. The minimum Gasteiger partial charge on any atom is -0.144 e. The molecule has 0 saturated heterocycles. The van der Waals surface area contributed by atoms with Gasteiger partial charge in [0.05, 0.1) is 0 Å². The molecule has 1 heteroatoms. The quantitative estimate of drug-likeness (QED) is 0.655. The molecule has 0 atom stereocenters. The van der Waals surface area contributed by atoms with Crippen molar-refractivity contribution in [3.8, 4) is 0 Å². The maximum absolute atomic E-state index is 2.38. The van der Waals surface area contributed by atoms with E-state index >= 15 is 0 Å². The summed E-state index contributed by atoms with van der Waals surface area (Å²) >= 11 is 1.88. The normalized spacial score (nSPS) is 14.9. The average Bonchev–Trinajstić information content (AvgIpc) is 2.65. The fourth-order valence-corrected chi connectivity index (χ4v) is 3.38. The smallest absolute Gasteiger partial charge is 0.0348 e. The Morgan fingerprint density at radius 1 is 1.36 bits per heavy atom. The Morgan fingerprint density at radius 3 is 3.14 bits per heavy atom. The molecule has 1 aliphatic rings. The molecule has 0 spiro atoms. The molecule has 1 aromatic carbocycles. The van der Waals surface area contributed by atoms with Crippen LogP contribution in [0.25, 0.3) is 10.1 Å². The average molecular weight is 201 g/mol. The fraction of sp³-hybridized carbons (Fsp3) is 0.308. The summed E-state index contributed by atoms with van der Waals surface area (Å²) in [6, 6.07) is 4.59. The SMILES string of the molecule is CCc1ccc2scc3c2c1CC[CH]3. The van der Waals surface area contributed by atoms with E-state index in [0.717, 1.165) is 0 Å². The topological polar surface area (TPSA) is 0 Å². The molecular weight excluding hydrogens is 188 g/mol. The van der Waals surface area contributed by atoms with Gasteiger partial charge in [-0.2, -0.15) is 0 Å². The predicted octanol–water partition coefficient (Wildman–Crippen LogP) is 3.96. The summed E-state index contributed by atoms with van der Waals surface area (Å²) < 4.78 is 1.46. The van der Waals surface area contributed by atoms with Crippen LogP contribution in [0.4, 0.5) is 0 Å². The monoisotopic (exact) mass is 201 g/mol. The maximum Gasteiger partial charge on any atom is 0.0348 e. The zero-order chi connectivity index (χ0) is 9.54. The van der Waals surface area contributed by atoms with Crippen molar-refractivity contribution in [1.82, 2.24) is 0 Å². The van der Waals surface area contributed by atoms with Crippen molar-refractivity contribution in [2.24, 2.45) is 0 Å². The summed E-state index contributed by atoms with van der Waals surface area (Å²) in [5.74, 6) is 0. The van der Waals surface area contributed by atoms with E-state index in [9.17, 15) is 0 Å². The third kappa shape index (κ3) is 1.05. The minimum absolute atomic E-state index is 1.17. The summed E-state index contributed by atoms with van der Waals surface area (Å²) in [4.78, 5) is 0. The van der Waals surface area contributed by atoms with Crippen LogP contribution < -0.4 is 0 Å². The Balaban J connectivity index is 2.41. The van der Waals surface area contributed by atoms with Gasteiger partial charge in [0.1, 0.15) is 0 Å². The van der Waals surface area contributed by atoms with Gasteiger partial charge in [-0.3, -0.25) is 0 Å². The molecule has 0 aliphatic heterocycles. The van der Waals surface area contributed by atoms with Gasteiger partial charge in [-0.15, -0.1) is 11.3 Å². The van der Waals surface area contributed by atoms with Crippen LogP contribution in [0.15, 0.2) is 17.5 Å². The molecule has 0 saturated carbocycles. The van der Waals surface area contributed by atoms with Crippen LogP contribution >= 0.6 is 11.3 Å². The lowest BCUT2D eigenvalue weighted by atomic mass is 9.89. The zero-order valence-corrected chi connectivity index (χ0v) is 9.16. The second kappa shape index (κ2) is 3.09. The Labute approximate surface area is 88.6 Å². The Morgan fingerprint density at radius 2 is 2.29 bits per heavy atom. The van der Waals surface area contributed by atoms with Crippen molar-refractivity contribution in [2.75, 3.05) is 0 Å². The molecule has 1 aliphatic carbocycles. The highest BCUT2D eigenvalue weighted by Gasteiger charge is 2.16. The molecular formula is C13H13S. The molecule has 3 rings (SSSR count). The zero-order valence-electron chi connectivity index (χ0n) is 8.34. The number of rotatable bonds is 1. The van der Waals surface area contributed by atoms with Crippen molar-refractivity contribution >= 4 is 21.4 Å². The lowest BCUT2D eigenvalue weighted by Crippen LogP contribution is -2.00. The molecule has 2 aromatic rings. The van der Waals surface area contributed by atoms with Gasteiger partial charge in [-0.25, -0.2) is 0 Å². The van der Waals surface area contributed by atoms with E-state index in [2.05, 4.69) is 30.9 Å². The third-order valence-corrected chi connectivity index (χ3v) is 4.08. The van der Waals surface area contributed by atoms with Crippen LogP contribution in [-0.4, -0.2) is 0 Å². The van der Waals surface area contributed by atoms with Gasteiger partial charge in [-0.1, -0.05) is 13.0 Å². The Kier molecular flexibility index (Phi) is 1.88. The van der Waals surface area contributed by atoms with Crippen LogP contribution in [0.5, 0.6) is 0 Å². The number of thiophene rings is 1.